The number of aromatic nitrogens is 3. The number of para-hydroxylation sites is 2. The third-order valence-corrected chi connectivity index (χ3v) is 5.43. The van der Waals surface area contributed by atoms with Gasteiger partial charge < -0.3 is 20.3 Å². The van der Waals surface area contributed by atoms with Gasteiger partial charge in [0.25, 0.3) is 0 Å². The van der Waals surface area contributed by atoms with E-state index in [1.807, 2.05) is 60.7 Å². The predicted octanol–water partition coefficient (Wildman–Crippen LogP) is 4.07. The summed E-state index contributed by atoms with van der Waals surface area (Å²) in [5.41, 5.74) is 1.80. The molecule has 0 saturated carbocycles. The predicted molar refractivity (Wildman–Crippen MR) is 120 cm³/mol. The number of benzene rings is 2. The van der Waals surface area contributed by atoms with Crippen molar-refractivity contribution in [1.82, 2.24) is 19.9 Å². The maximum Gasteiger partial charge on any atom is 0.233 e. The third-order valence-electron chi connectivity index (χ3n) is 4.12. The van der Waals surface area contributed by atoms with Gasteiger partial charge in [0.1, 0.15) is 4.32 Å². The first-order valence-electron chi connectivity index (χ1n) is 9.21. The van der Waals surface area contributed by atoms with Gasteiger partial charge in [-0.3, -0.25) is 0 Å². The summed E-state index contributed by atoms with van der Waals surface area (Å²) in [5, 5.41) is 7.00. The maximum absolute atomic E-state index is 5.59. The zero-order chi connectivity index (χ0) is 19.9. The molecule has 2 N–H and O–H groups in total. The quantitative estimate of drug-likeness (QED) is 0.466. The van der Waals surface area contributed by atoms with Crippen LogP contribution in [0.5, 0.6) is 0 Å². The van der Waals surface area contributed by atoms with Crippen LogP contribution in [0, 0.1) is 0 Å². The van der Waals surface area contributed by atoms with Gasteiger partial charge in [-0.1, -0.05) is 48.6 Å². The van der Waals surface area contributed by atoms with Crippen LogP contribution in [-0.2, 0) is 4.74 Å². The molecule has 2 heterocycles. The average Bonchev–Trinajstić information content (AvgIpc) is 2.76. The van der Waals surface area contributed by atoms with Gasteiger partial charge in [0.15, 0.2) is 0 Å². The van der Waals surface area contributed by atoms with Crippen molar-refractivity contribution in [2.75, 3.05) is 36.9 Å². The van der Waals surface area contributed by atoms with E-state index in [0.29, 0.717) is 30.3 Å². The molecule has 0 amide bonds. The molecule has 2 aromatic carbocycles. The van der Waals surface area contributed by atoms with Crippen molar-refractivity contribution in [3.8, 4) is 0 Å². The van der Waals surface area contributed by atoms with E-state index < -0.39 is 0 Å². The highest BCUT2D eigenvalue weighted by Crippen LogP contribution is 2.24. The van der Waals surface area contributed by atoms with Crippen molar-refractivity contribution < 1.29 is 4.74 Å². The van der Waals surface area contributed by atoms with Crippen molar-refractivity contribution in [2.45, 2.75) is 5.16 Å². The van der Waals surface area contributed by atoms with Crippen LogP contribution in [0.4, 0.5) is 23.3 Å². The molecule has 1 aliphatic rings. The highest BCUT2D eigenvalue weighted by molar-refractivity contribution is 8.22. The van der Waals surface area contributed by atoms with Crippen LogP contribution < -0.4 is 10.6 Å². The molecule has 1 fully saturated rings. The number of thiocarbonyl (C=S) groups is 1. The maximum atomic E-state index is 5.59. The summed E-state index contributed by atoms with van der Waals surface area (Å²) in [6.45, 7) is 2.92. The van der Waals surface area contributed by atoms with Crippen molar-refractivity contribution in [2.24, 2.45) is 0 Å². The van der Waals surface area contributed by atoms with Crippen molar-refractivity contribution in [3.63, 3.8) is 0 Å². The zero-order valence-electron chi connectivity index (χ0n) is 15.6. The number of hydrogen-bond donors (Lipinski definition) is 2. The van der Waals surface area contributed by atoms with Gasteiger partial charge in [0.2, 0.25) is 17.1 Å². The molecule has 0 bridgehead atoms. The number of morpholine rings is 1. The molecule has 1 aromatic heterocycles. The van der Waals surface area contributed by atoms with Gasteiger partial charge in [-0.05, 0) is 36.0 Å². The van der Waals surface area contributed by atoms with Crippen LogP contribution in [0.3, 0.4) is 0 Å². The first-order chi connectivity index (χ1) is 14.3. The van der Waals surface area contributed by atoms with Gasteiger partial charge in [0.05, 0.1) is 13.2 Å². The first-order valence-corrected chi connectivity index (χ1v) is 10.4. The molecular formula is C20H20N6OS2. The molecule has 3 aromatic rings. The van der Waals surface area contributed by atoms with Gasteiger partial charge in [-0.2, -0.15) is 15.0 Å². The van der Waals surface area contributed by atoms with E-state index in [2.05, 4.69) is 30.5 Å². The monoisotopic (exact) mass is 424 g/mol. The fourth-order valence-corrected chi connectivity index (χ4v) is 3.84. The van der Waals surface area contributed by atoms with Crippen LogP contribution in [0.25, 0.3) is 0 Å². The lowest BCUT2D eigenvalue weighted by molar-refractivity contribution is 0.0702. The Hall–Kier alpha value is -2.75. The molecule has 0 radical (unpaired) electrons. The Morgan fingerprint density at radius 1 is 0.828 bits per heavy atom. The van der Waals surface area contributed by atoms with Gasteiger partial charge in [-0.15, -0.1) is 0 Å². The molecule has 1 aliphatic heterocycles. The summed E-state index contributed by atoms with van der Waals surface area (Å²) >= 11 is 6.95. The Morgan fingerprint density at radius 2 is 1.34 bits per heavy atom. The molecule has 29 heavy (non-hydrogen) atoms. The summed E-state index contributed by atoms with van der Waals surface area (Å²) in [4.78, 5) is 15.7. The molecular weight excluding hydrogens is 404 g/mol. The minimum Gasteiger partial charge on any atom is -0.378 e. The molecule has 9 heteroatoms. The lowest BCUT2D eigenvalue weighted by Gasteiger charge is -2.28. The fourth-order valence-electron chi connectivity index (χ4n) is 2.70. The van der Waals surface area contributed by atoms with Crippen LogP contribution in [-0.4, -0.2) is 50.5 Å². The van der Waals surface area contributed by atoms with Gasteiger partial charge in [0, 0.05) is 24.5 Å². The fraction of sp³-hybridized carbons (Fsp3) is 0.200. The van der Waals surface area contributed by atoms with E-state index in [9.17, 15) is 0 Å². The largest absolute Gasteiger partial charge is 0.378 e. The Labute approximate surface area is 178 Å². The SMILES string of the molecule is S=C(Sc1nc(Nc2ccccc2)nc(Nc2ccccc2)n1)N1CCOCC1. The van der Waals surface area contributed by atoms with E-state index in [4.69, 9.17) is 17.0 Å². The summed E-state index contributed by atoms with van der Waals surface area (Å²) in [6, 6.07) is 19.6. The summed E-state index contributed by atoms with van der Waals surface area (Å²) in [6.07, 6.45) is 0. The normalized spacial score (nSPS) is 13.7. The smallest absolute Gasteiger partial charge is 0.233 e. The lowest BCUT2D eigenvalue weighted by atomic mass is 10.3. The lowest BCUT2D eigenvalue weighted by Crippen LogP contribution is -2.38. The van der Waals surface area contributed by atoms with Crippen molar-refractivity contribution in [1.29, 1.82) is 0 Å². The van der Waals surface area contributed by atoms with Crippen LogP contribution in [0.2, 0.25) is 0 Å². The van der Waals surface area contributed by atoms with Crippen LogP contribution >= 0.6 is 24.0 Å². The van der Waals surface area contributed by atoms with E-state index in [0.717, 1.165) is 28.8 Å². The second-order valence-corrected chi connectivity index (χ2v) is 7.82. The van der Waals surface area contributed by atoms with Gasteiger partial charge in [-0.25, -0.2) is 0 Å². The average molecular weight is 425 g/mol. The van der Waals surface area contributed by atoms with E-state index in [1.54, 1.807) is 0 Å². The second-order valence-electron chi connectivity index (χ2n) is 6.21. The molecule has 0 unspecified atom stereocenters. The summed E-state index contributed by atoms with van der Waals surface area (Å²) < 4.78 is 6.13. The zero-order valence-corrected chi connectivity index (χ0v) is 17.2. The van der Waals surface area contributed by atoms with Gasteiger partial charge >= 0.3 is 0 Å². The molecule has 4 rings (SSSR count). The number of nitrogens with zero attached hydrogens (tertiary/aromatic N) is 4. The second kappa shape index (κ2) is 9.64. The number of thioether (sulfide) groups is 1. The number of hydrogen-bond acceptors (Lipinski definition) is 8. The van der Waals surface area contributed by atoms with Crippen molar-refractivity contribution in [3.05, 3.63) is 60.7 Å². The number of rotatable bonds is 5. The van der Waals surface area contributed by atoms with E-state index >= 15 is 0 Å². The summed E-state index contributed by atoms with van der Waals surface area (Å²) in [7, 11) is 0. The molecule has 7 nitrogen and oxygen atoms in total. The highest BCUT2D eigenvalue weighted by Gasteiger charge is 2.17. The summed E-state index contributed by atoms with van der Waals surface area (Å²) in [5.74, 6) is 0.911. The standard InChI is InChI=1S/C20H20N6OS2/c28-20(26-11-13-27-14-12-26)29-19-24-17(21-15-7-3-1-4-8-15)23-18(25-19)22-16-9-5-2-6-10-16/h1-10H,11-14H2,(H2,21,22,23,24,25). The highest BCUT2D eigenvalue weighted by atomic mass is 32.2. The Kier molecular flexibility index (Phi) is 6.50. The molecule has 0 spiro atoms. The van der Waals surface area contributed by atoms with E-state index in [1.165, 1.54) is 11.8 Å². The first kappa shape index (κ1) is 19.6. The third kappa shape index (κ3) is 5.63. The Balaban J connectivity index is 1.57. The molecule has 148 valence electrons. The minimum atomic E-state index is 0.455. The number of ether oxygens (including phenoxy) is 1. The number of nitrogens with one attached hydrogen (secondary N) is 2. The molecule has 0 atom stereocenters. The van der Waals surface area contributed by atoms with Crippen molar-refractivity contribution >= 4 is 51.6 Å². The molecule has 1 saturated heterocycles. The van der Waals surface area contributed by atoms with Crippen LogP contribution in [0.15, 0.2) is 65.8 Å². The van der Waals surface area contributed by atoms with E-state index in [-0.39, 0.29) is 0 Å². The molecule has 0 aliphatic carbocycles. The topological polar surface area (TPSA) is 75.2 Å². The van der Waals surface area contributed by atoms with Crippen LogP contribution in [0.1, 0.15) is 0 Å². The minimum absolute atomic E-state index is 0.455. The Morgan fingerprint density at radius 3 is 1.86 bits per heavy atom. The Bertz CT molecular complexity index is 892. The number of anilines is 4.